The van der Waals surface area contributed by atoms with Gasteiger partial charge in [-0.25, -0.2) is 0 Å². The summed E-state index contributed by atoms with van der Waals surface area (Å²) < 4.78 is 10.1. The minimum atomic E-state index is -0.355. The van der Waals surface area contributed by atoms with Crippen LogP contribution in [0.25, 0.3) is 0 Å². The van der Waals surface area contributed by atoms with Gasteiger partial charge in [-0.3, -0.25) is 4.79 Å². The van der Waals surface area contributed by atoms with Crippen LogP contribution in [0.3, 0.4) is 0 Å². The molecule has 1 fully saturated rings. The average Bonchev–Trinajstić information content (AvgIpc) is 2.71. The number of Topliss-reactive ketones (excluding diaryl/α,β-unsaturated/α-hetero) is 1. The summed E-state index contributed by atoms with van der Waals surface area (Å²) in [5.74, 6) is -0.0130. The maximum absolute atomic E-state index is 11.6. The summed E-state index contributed by atoms with van der Waals surface area (Å²) in [4.78, 5) is 11.6. The van der Waals surface area contributed by atoms with Crippen molar-refractivity contribution in [1.82, 2.24) is 5.32 Å². The first-order chi connectivity index (χ1) is 6.38. The maximum atomic E-state index is 11.6. The van der Waals surface area contributed by atoms with Crippen LogP contribution in [0, 0.1) is 0 Å². The Balaban J connectivity index is 2.04. The van der Waals surface area contributed by atoms with Crippen molar-refractivity contribution < 1.29 is 13.9 Å². The average molecular weight is 181 g/mol. The van der Waals surface area contributed by atoms with Crippen LogP contribution < -0.4 is 5.32 Å². The molecule has 70 valence electrons. The molecule has 4 heteroatoms. The quantitative estimate of drug-likeness (QED) is 0.673. The highest BCUT2D eigenvalue weighted by Crippen LogP contribution is 2.08. The van der Waals surface area contributed by atoms with E-state index in [2.05, 4.69) is 5.32 Å². The number of nitrogens with one attached hydrogen (secondary N) is 1. The Morgan fingerprint density at radius 2 is 2.54 bits per heavy atom. The molecule has 1 N–H and O–H groups in total. The summed E-state index contributed by atoms with van der Waals surface area (Å²) in [5.41, 5.74) is 0.578. The van der Waals surface area contributed by atoms with Gasteiger partial charge in [-0.05, 0) is 6.07 Å². The van der Waals surface area contributed by atoms with Crippen molar-refractivity contribution in [2.75, 3.05) is 19.7 Å². The van der Waals surface area contributed by atoms with E-state index < -0.39 is 0 Å². The fourth-order valence-electron chi connectivity index (χ4n) is 1.32. The molecule has 0 bridgehead atoms. The Morgan fingerprint density at radius 1 is 1.62 bits per heavy atom. The monoisotopic (exact) mass is 181 g/mol. The number of morpholine rings is 1. The van der Waals surface area contributed by atoms with E-state index in [1.807, 2.05) is 0 Å². The van der Waals surface area contributed by atoms with Gasteiger partial charge in [0, 0.05) is 13.1 Å². The molecular weight excluding hydrogens is 170 g/mol. The zero-order chi connectivity index (χ0) is 9.10. The van der Waals surface area contributed by atoms with Crippen LogP contribution in [0.4, 0.5) is 0 Å². The summed E-state index contributed by atoms with van der Waals surface area (Å²) in [6.45, 7) is 1.99. The lowest BCUT2D eigenvalue weighted by Crippen LogP contribution is -2.42. The fourth-order valence-corrected chi connectivity index (χ4v) is 1.32. The van der Waals surface area contributed by atoms with Crippen molar-refractivity contribution in [2.24, 2.45) is 0 Å². The van der Waals surface area contributed by atoms with Gasteiger partial charge in [-0.1, -0.05) is 0 Å². The highest BCUT2D eigenvalue weighted by molar-refractivity contribution is 5.99. The van der Waals surface area contributed by atoms with Crippen molar-refractivity contribution in [3.05, 3.63) is 24.2 Å². The standard InChI is InChI=1S/C9H11NO3/c11-9(7-1-3-12-6-7)8-5-10-2-4-13-8/h1,3,6,8,10H,2,4-5H2. The Bertz CT molecular complexity index is 275. The highest BCUT2D eigenvalue weighted by Gasteiger charge is 2.23. The fraction of sp³-hybridized carbons (Fsp3) is 0.444. The van der Waals surface area contributed by atoms with Crippen LogP contribution in [0.5, 0.6) is 0 Å². The number of carbonyl (C=O) groups excluding carboxylic acids is 1. The van der Waals surface area contributed by atoms with Gasteiger partial charge in [0.1, 0.15) is 12.4 Å². The maximum Gasteiger partial charge on any atom is 0.196 e. The number of carbonyl (C=O) groups is 1. The van der Waals surface area contributed by atoms with E-state index in [1.165, 1.54) is 12.5 Å². The number of ether oxygens (including phenoxy) is 1. The SMILES string of the molecule is O=C(c1ccoc1)C1CNCCO1. The van der Waals surface area contributed by atoms with Gasteiger partial charge >= 0.3 is 0 Å². The second-order valence-corrected chi connectivity index (χ2v) is 2.94. The molecule has 13 heavy (non-hydrogen) atoms. The third kappa shape index (κ3) is 1.79. The molecule has 2 rings (SSSR count). The van der Waals surface area contributed by atoms with Gasteiger partial charge < -0.3 is 14.5 Å². The lowest BCUT2D eigenvalue weighted by Gasteiger charge is -2.21. The normalized spacial score (nSPS) is 22.9. The van der Waals surface area contributed by atoms with Crippen LogP contribution >= 0.6 is 0 Å². The van der Waals surface area contributed by atoms with Crippen molar-refractivity contribution >= 4 is 5.78 Å². The van der Waals surface area contributed by atoms with Crippen LogP contribution in [0.2, 0.25) is 0 Å². The molecule has 0 radical (unpaired) electrons. The van der Waals surface area contributed by atoms with Crippen molar-refractivity contribution in [3.8, 4) is 0 Å². The van der Waals surface area contributed by atoms with Crippen LogP contribution in [0.15, 0.2) is 23.0 Å². The van der Waals surface area contributed by atoms with Gasteiger partial charge in [0.2, 0.25) is 0 Å². The van der Waals surface area contributed by atoms with Crippen molar-refractivity contribution in [1.29, 1.82) is 0 Å². The van der Waals surface area contributed by atoms with Gasteiger partial charge in [0.25, 0.3) is 0 Å². The largest absolute Gasteiger partial charge is 0.472 e. The van der Waals surface area contributed by atoms with Crippen LogP contribution in [-0.4, -0.2) is 31.6 Å². The Hall–Kier alpha value is -1.13. The minimum absolute atomic E-state index is 0.0130. The molecule has 0 aromatic carbocycles. The number of hydrogen-bond donors (Lipinski definition) is 1. The summed E-state index contributed by atoms with van der Waals surface area (Å²) in [7, 11) is 0. The molecule has 0 saturated carbocycles. The van der Waals surface area contributed by atoms with E-state index in [9.17, 15) is 4.79 Å². The topological polar surface area (TPSA) is 51.5 Å². The molecule has 1 unspecified atom stereocenters. The Kier molecular flexibility index (Phi) is 2.42. The van der Waals surface area contributed by atoms with E-state index in [0.29, 0.717) is 18.7 Å². The summed E-state index contributed by atoms with van der Waals surface area (Å²) in [6, 6.07) is 1.65. The number of furan rings is 1. The second-order valence-electron chi connectivity index (χ2n) is 2.94. The van der Waals surface area contributed by atoms with Gasteiger partial charge in [-0.15, -0.1) is 0 Å². The lowest BCUT2D eigenvalue weighted by atomic mass is 10.1. The Labute approximate surface area is 75.9 Å². The minimum Gasteiger partial charge on any atom is -0.472 e. The predicted octanol–water partition coefficient (Wildman–Crippen LogP) is 0.451. The third-order valence-electron chi connectivity index (χ3n) is 2.03. The smallest absolute Gasteiger partial charge is 0.196 e. The molecule has 1 aromatic heterocycles. The van der Waals surface area contributed by atoms with E-state index >= 15 is 0 Å². The highest BCUT2D eigenvalue weighted by atomic mass is 16.5. The summed E-state index contributed by atoms with van der Waals surface area (Å²) >= 11 is 0. The van der Waals surface area contributed by atoms with Gasteiger partial charge in [-0.2, -0.15) is 0 Å². The van der Waals surface area contributed by atoms with Crippen LogP contribution in [-0.2, 0) is 4.74 Å². The molecule has 0 amide bonds. The lowest BCUT2D eigenvalue weighted by molar-refractivity contribution is 0.0269. The van der Waals surface area contributed by atoms with Crippen LogP contribution in [0.1, 0.15) is 10.4 Å². The zero-order valence-electron chi connectivity index (χ0n) is 7.16. The number of hydrogen-bond acceptors (Lipinski definition) is 4. The molecule has 2 heterocycles. The molecule has 0 spiro atoms. The molecule has 1 aliphatic rings. The summed E-state index contributed by atoms with van der Waals surface area (Å²) in [6.07, 6.45) is 2.58. The van der Waals surface area contributed by atoms with Gasteiger partial charge in [0.15, 0.2) is 5.78 Å². The molecule has 4 nitrogen and oxygen atoms in total. The van der Waals surface area contributed by atoms with Gasteiger partial charge in [0.05, 0.1) is 18.4 Å². The van der Waals surface area contributed by atoms with E-state index in [1.54, 1.807) is 6.07 Å². The number of ketones is 1. The summed E-state index contributed by atoms with van der Waals surface area (Å²) in [5, 5.41) is 3.10. The molecule has 0 aliphatic carbocycles. The predicted molar refractivity (Wildman–Crippen MR) is 45.6 cm³/mol. The first-order valence-corrected chi connectivity index (χ1v) is 4.26. The van der Waals surface area contributed by atoms with Crippen molar-refractivity contribution in [2.45, 2.75) is 6.10 Å². The molecule has 1 aliphatic heterocycles. The zero-order valence-corrected chi connectivity index (χ0v) is 7.16. The Morgan fingerprint density at radius 3 is 3.15 bits per heavy atom. The molecular formula is C9H11NO3. The molecule has 1 aromatic rings. The third-order valence-corrected chi connectivity index (χ3v) is 2.03. The van der Waals surface area contributed by atoms with E-state index in [4.69, 9.17) is 9.15 Å². The van der Waals surface area contributed by atoms with E-state index in [0.717, 1.165) is 6.54 Å². The second kappa shape index (κ2) is 3.72. The first kappa shape index (κ1) is 8.47. The first-order valence-electron chi connectivity index (χ1n) is 4.26. The van der Waals surface area contributed by atoms with Crippen molar-refractivity contribution in [3.63, 3.8) is 0 Å². The number of rotatable bonds is 2. The molecule has 1 saturated heterocycles. The van der Waals surface area contributed by atoms with E-state index in [-0.39, 0.29) is 11.9 Å². The molecule has 1 atom stereocenters.